The fourth-order valence-corrected chi connectivity index (χ4v) is 3.25. The highest BCUT2D eigenvalue weighted by atomic mass is 16.5. The van der Waals surface area contributed by atoms with Gasteiger partial charge in [-0.2, -0.15) is 0 Å². The number of carbonyl (C=O) groups excluding carboxylic acids is 1. The summed E-state index contributed by atoms with van der Waals surface area (Å²) in [6.45, 7) is 4.89. The van der Waals surface area contributed by atoms with E-state index in [4.69, 9.17) is 9.47 Å². The SMILES string of the molecule is CC[C@H]1CN(Cc2ccccc2)C[C@@H](c2ccc(C(=O)OC)cc2)O1. The zero-order valence-electron chi connectivity index (χ0n) is 14.9. The Labute approximate surface area is 149 Å². The molecule has 1 heterocycles. The molecule has 2 aromatic rings. The van der Waals surface area contributed by atoms with Gasteiger partial charge < -0.3 is 9.47 Å². The highest BCUT2D eigenvalue weighted by Gasteiger charge is 2.28. The van der Waals surface area contributed by atoms with Crippen LogP contribution in [0.2, 0.25) is 0 Å². The molecule has 132 valence electrons. The molecular formula is C21H25NO3. The third-order valence-corrected chi connectivity index (χ3v) is 4.65. The average molecular weight is 339 g/mol. The number of hydrogen-bond donors (Lipinski definition) is 0. The summed E-state index contributed by atoms with van der Waals surface area (Å²) in [6.07, 6.45) is 1.24. The van der Waals surface area contributed by atoms with Crippen molar-refractivity contribution >= 4 is 5.97 Å². The Morgan fingerprint density at radius 3 is 2.48 bits per heavy atom. The fourth-order valence-electron chi connectivity index (χ4n) is 3.25. The van der Waals surface area contributed by atoms with E-state index in [-0.39, 0.29) is 18.2 Å². The van der Waals surface area contributed by atoms with Gasteiger partial charge in [0.25, 0.3) is 0 Å². The van der Waals surface area contributed by atoms with Crippen molar-refractivity contribution < 1.29 is 14.3 Å². The molecule has 1 aliphatic heterocycles. The second-order valence-electron chi connectivity index (χ2n) is 6.45. The Balaban J connectivity index is 1.72. The van der Waals surface area contributed by atoms with Crippen molar-refractivity contribution in [3.8, 4) is 0 Å². The first kappa shape index (κ1) is 17.6. The predicted octanol–water partition coefficient (Wildman–Crippen LogP) is 3.83. The van der Waals surface area contributed by atoms with Crippen LogP contribution in [0.25, 0.3) is 0 Å². The summed E-state index contributed by atoms with van der Waals surface area (Å²) >= 11 is 0. The van der Waals surface area contributed by atoms with Crippen LogP contribution in [0.3, 0.4) is 0 Å². The molecule has 1 aliphatic rings. The van der Waals surface area contributed by atoms with Gasteiger partial charge in [-0.1, -0.05) is 49.4 Å². The lowest BCUT2D eigenvalue weighted by Gasteiger charge is -2.38. The van der Waals surface area contributed by atoms with Crippen LogP contribution in [0.15, 0.2) is 54.6 Å². The molecule has 3 rings (SSSR count). The van der Waals surface area contributed by atoms with Gasteiger partial charge in [0.2, 0.25) is 0 Å². The first-order valence-electron chi connectivity index (χ1n) is 8.79. The summed E-state index contributed by atoms with van der Waals surface area (Å²) in [5.74, 6) is -0.312. The molecule has 0 spiro atoms. The van der Waals surface area contributed by atoms with Crippen molar-refractivity contribution in [2.24, 2.45) is 0 Å². The number of nitrogens with zero attached hydrogens (tertiary/aromatic N) is 1. The molecule has 1 fully saturated rings. The normalized spacial score (nSPS) is 21.0. The number of carbonyl (C=O) groups is 1. The van der Waals surface area contributed by atoms with Crippen LogP contribution in [0.4, 0.5) is 0 Å². The number of morpholine rings is 1. The number of rotatable bonds is 5. The summed E-state index contributed by atoms with van der Waals surface area (Å²) in [4.78, 5) is 14.0. The Bertz CT molecular complexity index is 684. The lowest BCUT2D eigenvalue weighted by atomic mass is 10.0. The smallest absolute Gasteiger partial charge is 0.337 e. The molecule has 0 N–H and O–H groups in total. The van der Waals surface area contributed by atoms with Gasteiger partial charge in [-0.15, -0.1) is 0 Å². The highest BCUT2D eigenvalue weighted by molar-refractivity contribution is 5.89. The minimum Gasteiger partial charge on any atom is -0.465 e. The van der Waals surface area contributed by atoms with Gasteiger partial charge in [0, 0.05) is 19.6 Å². The van der Waals surface area contributed by atoms with Gasteiger partial charge in [0.15, 0.2) is 0 Å². The van der Waals surface area contributed by atoms with Gasteiger partial charge in [-0.05, 0) is 29.7 Å². The maximum absolute atomic E-state index is 11.6. The lowest BCUT2D eigenvalue weighted by molar-refractivity contribution is -0.0907. The molecule has 25 heavy (non-hydrogen) atoms. The van der Waals surface area contributed by atoms with Crippen molar-refractivity contribution in [3.63, 3.8) is 0 Å². The van der Waals surface area contributed by atoms with E-state index < -0.39 is 0 Å². The van der Waals surface area contributed by atoms with Gasteiger partial charge in [-0.25, -0.2) is 4.79 Å². The van der Waals surface area contributed by atoms with Gasteiger partial charge in [0.05, 0.1) is 24.9 Å². The van der Waals surface area contributed by atoms with Crippen molar-refractivity contribution in [2.45, 2.75) is 32.1 Å². The van der Waals surface area contributed by atoms with Crippen molar-refractivity contribution in [3.05, 3.63) is 71.3 Å². The van der Waals surface area contributed by atoms with E-state index in [2.05, 4.69) is 36.1 Å². The number of benzene rings is 2. The molecule has 0 aromatic heterocycles. The van der Waals surface area contributed by atoms with E-state index in [1.54, 1.807) is 0 Å². The first-order valence-corrected chi connectivity index (χ1v) is 8.79. The van der Waals surface area contributed by atoms with Crippen LogP contribution in [0, 0.1) is 0 Å². The third-order valence-electron chi connectivity index (χ3n) is 4.65. The molecule has 2 atom stereocenters. The second kappa shape index (κ2) is 8.28. The van der Waals surface area contributed by atoms with Crippen molar-refractivity contribution in [2.75, 3.05) is 20.2 Å². The maximum Gasteiger partial charge on any atom is 0.337 e. The van der Waals surface area contributed by atoms with E-state index in [0.717, 1.165) is 31.6 Å². The second-order valence-corrected chi connectivity index (χ2v) is 6.45. The Hall–Kier alpha value is -2.17. The topological polar surface area (TPSA) is 38.8 Å². The number of esters is 1. The summed E-state index contributed by atoms with van der Waals surface area (Å²) in [5, 5.41) is 0. The molecule has 0 saturated carbocycles. The van der Waals surface area contributed by atoms with Crippen LogP contribution in [0.1, 0.15) is 40.9 Å². The van der Waals surface area contributed by atoms with Crippen LogP contribution < -0.4 is 0 Å². The molecule has 0 bridgehead atoms. The van der Waals surface area contributed by atoms with Crippen molar-refractivity contribution in [1.29, 1.82) is 0 Å². The van der Waals surface area contributed by atoms with E-state index in [1.807, 2.05) is 30.3 Å². The van der Waals surface area contributed by atoms with Crippen LogP contribution >= 0.6 is 0 Å². The molecule has 4 nitrogen and oxygen atoms in total. The van der Waals surface area contributed by atoms with Crippen LogP contribution in [0.5, 0.6) is 0 Å². The van der Waals surface area contributed by atoms with Crippen LogP contribution in [-0.2, 0) is 16.0 Å². The van der Waals surface area contributed by atoms with E-state index >= 15 is 0 Å². The van der Waals surface area contributed by atoms with Gasteiger partial charge >= 0.3 is 5.97 Å². The maximum atomic E-state index is 11.6. The fraction of sp³-hybridized carbons (Fsp3) is 0.381. The number of methoxy groups -OCH3 is 1. The molecule has 0 unspecified atom stereocenters. The summed E-state index contributed by atoms with van der Waals surface area (Å²) in [5.41, 5.74) is 2.98. The largest absolute Gasteiger partial charge is 0.465 e. The molecule has 0 amide bonds. The van der Waals surface area contributed by atoms with E-state index in [1.165, 1.54) is 12.7 Å². The minimum absolute atomic E-state index is 0.0223. The summed E-state index contributed by atoms with van der Waals surface area (Å²) in [7, 11) is 1.40. The third kappa shape index (κ3) is 4.47. The van der Waals surface area contributed by atoms with E-state index in [9.17, 15) is 4.79 Å². The number of ether oxygens (including phenoxy) is 2. The monoisotopic (exact) mass is 339 g/mol. The minimum atomic E-state index is -0.312. The number of hydrogen-bond acceptors (Lipinski definition) is 4. The molecule has 4 heteroatoms. The zero-order chi connectivity index (χ0) is 17.6. The predicted molar refractivity (Wildman–Crippen MR) is 97.4 cm³/mol. The van der Waals surface area contributed by atoms with Crippen molar-refractivity contribution in [1.82, 2.24) is 4.90 Å². The standard InChI is InChI=1S/C21H25NO3/c1-3-19-14-22(13-16-7-5-4-6-8-16)15-20(25-19)17-9-11-18(12-10-17)21(23)24-2/h4-12,19-20H,3,13-15H2,1-2H3/t19-,20-/m0/s1. The first-order chi connectivity index (χ1) is 12.2. The highest BCUT2D eigenvalue weighted by Crippen LogP contribution is 2.27. The zero-order valence-corrected chi connectivity index (χ0v) is 14.9. The summed E-state index contributed by atoms with van der Waals surface area (Å²) < 4.78 is 11.0. The summed E-state index contributed by atoms with van der Waals surface area (Å²) in [6, 6.07) is 18.1. The molecular weight excluding hydrogens is 314 g/mol. The van der Waals surface area contributed by atoms with Crippen LogP contribution in [-0.4, -0.2) is 37.2 Å². The van der Waals surface area contributed by atoms with Gasteiger partial charge in [-0.3, -0.25) is 4.90 Å². The quantitative estimate of drug-likeness (QED) is 0.776. The Kier molecular flexibility index (Phi) is 5.84. The molecule has 2 aromatic carbocycles. The Morgan fingerprint density at radius 2 is 1.84 bits per heavy atom. The van der Waals surface area contributed by atoms with Gasteiger partial charge in [0.1, 0.15) is 0 Å². The molecule has 0 aliphatic carbocycles. The van der Waals surface area contributed by atoms with E-state index in [0.29, 0.717) is 5.56 Å². The molecule has 1 saturated heterocycles. The average Bonchev–Trinajstić information content (AvgIpc) is 2.68. The Morgan fingerprint density at radius 1 is 1.12 bits per heavy atom. The lowest BCUT2D eigenvalue weighted by Crippen LogP contribution is -2.43. The molecule has 0 radical (unpaired) electrons.